The molecule has 0 aliphatic heterocycles. The number of carbonyl (C=O) groups is 1. The second-order valence-electron chi connectivity index (χ2n) is 1.38. The molecule has 48 valence electrons. The predicted molar refractivity (Wildman–Crippen MR) is 36.1 cm³/mol. The molecular formula is C5H5LiN2O2. The van der Waals surface area contributed by atoms with E-state index in [0.29, 0.717) is 0 Å². The Morgan fingerprint density at radius 3 is 2.20 bits per heavy atom. The van der Waals surface area contributed by atoms with Crippen LogP contribution in [0.25, 0.3) is 0 Å². The van der Waals surface area contributed by atoms with E-state index in [2.05, 4.69) is 9.97 Å². The Morgan fingerprint density at radius 2 is 1.90 bits per heavy atom. The van der Waals surface area contributed by atoms with Crippen molar-refractivity contribution in [2.45, 2.75) is 0 Å². The Morgan fingerprint density at radius 1 is 1.40 bits per heavy atom. The van der Waals surface area contributed by atoms with Gasteiger partial charge in [-0.25, -0.2) is 14.8 Å². The molecule has 0 aromatic carbocycles. The van der Waals surface area contributed by atoms with Crippen LogP contribution in [0.15, 0.2) is 18.5 Å². The van der Waals surface area contributed by atoms with Crippen molar-refractivity contribution in [1.29, 1.82) is 0 Å². The van der Waals surface area contributed by atoms with E-state index in [1.165, 1.54) is 12.4 Å². The van der Waals surface area contributed by atoms with Crippen molar-refractivity contribution in [2.24, 2.45) is 0 Å². The standard InChI is InChI=1S/C5H4N2O2.Li.H/c8-5(9)4-6-2-1-3-7-4;;/h1-3H,(H,8,9);;. The van der Waals surface area contributed by atoms with E-state index in [0.717, 1.165) is 0 Å². The van der Waals surface area contributed by atoms with Crippen molar-refractivity contribution < 1.29 is 9.90 Å². The van der Waals surface area contributed by atoms with Crippen molar-refractivity contribution in [2.75, 3.05) is 0 Å². The Hall–Kier alpha value is -0.853. The summed E-state index contributed by atoms with van der Waals surface area (Å²) >= 11 is 0. The third kappa shape index (κ3) is 2.17. The molecule has 1 rings (SSSR count). The summed E-state index contributed by atoms with van der Waals surface area (Å²) in [5.74, 6) is -1.27. The maximum atomic E-state index is 10.1. The normalized spacial score (nSPS) is 8.00. The number of hydrogen-bond acceptors (Lipinski definition) is 3. The van der Waals surface area contributed by atoms with Crippen molar-refractivity contribution in [3.05, 3.63) is 24.3 Å². The number of carboxylic acids is 1. The maximum absolute atomic E-state index is 10.1. The van der Waals surface area contributed by atoms with E-state index in [1.807, 2.05) is 0 Å². The number of aromatic nitrogens is 2. The first-order valence-corrected chi connectivity index (χ1v) is 2.31. The Bertz CT molecular complexity index is 214. The monoisotopic (exact) mass is 132 g/mol. The molecule has 10 heavy (non-hydrogen) atoms. The van der Waals surface area contributed by atoms with Gasteiger partial charge in [0.2, 0.25) is 5.82 Å². The van der Waals surface area contributed by atoms with Gasteiger partial charge >= 0.3 is 24.8 Å². The average molecular weight is 132 g/mol. The van der Waals surface area contributed by atoms with Crippen LogP contribution >= 0.6 is 0 Å². The molecule has 0 fully saturated rings. The number of hydrogen-bond donors (Lipinski definition) is 1. The zero-order valence-electron chi connectivity index (χ0n) is 4.48. The van der Waals surface area contributed by atoms with Crippen molar-refractivity contribution in [3.8, 4) is 0 Å². The van der Waals surface area contributed by atoms with Gasteiger partial charge in [0, 0.05) is 12.4 Å². The molecule has 0 unspecified atom stereocenters. The number of nitrogens with zero attached hydrogens (tertiary/aromatic N) is 2. The van der Waals surface area contributed by atoms with Crippen LogP contribution in [0.4, 0.5) is 0 Å². The summed E-state index contributed by atoms with van der Waals surface area (Å²) < 4.78 is 0. The quantitative estimate of drug-likeness (QED) is 0.524. The summed E-state index contributed by atoms with van der Waals surface area (Å²) in [6, 6.07) is 1.56. The molecule has 0 aliphatic rings. The average Bonchev–Trinajstić information content (AvgIpc) is 1.90. The van der Waals surface area contributed by atoms with Crippen molar-refractivity contribution in [1.82, 2.24) is 9.97 Å². The van der Waals surface area contributed by atoms with Crippen LogP contribution in [0.5, 0.6) is 0 Å². The molecule has 1 aromatic rings. The number of carboxylic acid groups (broad SMARTS) is 1. The van der Waals surface area contributed by atoms with Gasteiger partial charge in [-0.2, -0.15) is 0 Å². The van der Waals surface area contributed by atoms with Gasteiger partial charge < -0.3 is 5.11 Å². The topological polar surface area (TPSA) is 63.1 Å². The van der Waals surface area contributed by atoms with Gasteiger partial charge in [0.1, 0.15) is 0 Å². The zero-order valence-corrected chi connectivity index (χ0v) is 4.48. The van der Waals surface area contributed by atoms with E-state index in [-0.39, 0.29) is 24.7 Å². The van der Waals surface area contributed by atoms with E-state index in [1.54, 1.807) is 6.07 Å². The van der Waals surface area contributed by atoms with Crippen LogP contribution in [0.2, 0.25) is 0 Å². The first kappa shape index (κ1) is 9.15. The molecule has 0 aliphatic carbocycles. The molecule has 0 saturated heterocycles. The van der Waals surface area contributed by atoms with Gasteiger partial charge in [-0.05, 0) is 6.07 Å². The molecule has 0 amide bonds. The van der Waals surface area contributed by atoms with Gasteiger partial charge in [0.15, 0.2) is 0 Å². The molecule has 1 aromatic heterocycles. The molecule has 0 radical (unpaired) electrons. The Balaban J connectivity index is 0.000000810. The molecule has 5 heteroatoms. The van der Waals surface area contributed by atoms with Crippen molar-refractivity contribution >= 4 is 24.8 Å². The van der Waals surface area contributed by atoms with Gasteiger partial charge in [-0.15, -0.1) is 0 Å². The Kier molecular flexibility index (Phi) is 3.70. The van der Waals surface area contributed by atoms with E-state index in [4.69, 9.17) is 5.11 Å². The van der Waals surface area contributed by atoms with Gasteiger partial charge in [0.25, 0.3) is 0 Å². The number of rotatable bonds is 1. The van der Waals surface area contributed by atoms with E-state index < -0.39 is 5.97 Å². The van der Waals surface area contributed by atoms with Crippen LogP contribution in [0.3, 0.4) is 0 Å². The molecule has 0 spiro atoms. The second kappa shape index (κ2) is 4.04. The van der Waals surface area contributed by atoms with Crippen LogP contribution < -0.4 is 0 Å². The molecule has 0 bridgehead atoms. The first-order valence-electron chi connectivity index (χ1n) is 2.31. The SMILES string of the molecule is O=C(O)c1ncccn1.[LiH]. The summed E-state index contributed by atoms with van der Waals surface area (Å²) in [6.07, 6.45) is 2.77. The van der Waals surface area contributed by atoms with Gasteiger partial charge in [-0.1, -0.05) is 0 Å². The second-order valence-corrected chi connectivity index (χ2v) is 1.38. The summed E-state index contributed by atoms with van der Waals surface area (Å²) in [5.41, 5.74) is 0. The fraction of sp³-hybridized carbons (Fsp3) is 0. The molecule has 4 nitrogen and oxygen atoms in total. The fourth-order valence-corrected chi connectivity index (χ4v) is 0.410. The molecule has 1 N–H and O–H groups in total. The van der Waals surface area contributed by atoms with E-state index in [9.17, 15) is 4.79 Å². The first-order chi connectivity index (χ1) is 4.30. The third-order valence-electron chi connectivity index (χ3n) is 0.757. The fourth-order valence-electron chi connectivity index (χ4n) is 0.410. The molecule has 1 heterocycles. The van der Waals surface area contributed by atoms with Crippen LogP contribution in [0.1, 0.15) is 10.6 Å². The minimum atomic E-state index is -1.10. The summed E-state index contributed by atoms with van der Waals surface area (Å²) in [4.78, 5) is 17.0. The molecule has 0 atom stereocenters. The Labute approximate surface area is 69.5 Å². The van der Waals surface area contributed by atoms with Gasteiger partial charge in [-0.3, -0.25) is 0 Å². The summed E-state index contributed by atoms with van der Waals surface area (Å²) in [6.45, 7) is 0. The summed E-state index contributed by atoms with van der Waals surface area (Å²) in [5, 5.41) is 8.26. The number of aromatic carboxylic acids is 1. The van der Waals surface area contributed by atoms with Crippen LogP contribution in [-0.4, -0.2) is 39.9 Å². The molecular weight excluding hydrogens is 127 g/mol. The third-order valence-corrected chi connectivity index (χ3v) is 0.757. The summed E-state index contributed by atoms with van der Waals surface area (Å²) in [7, 11) is 0. The van der Waals surface area contributed by atoms with E-state index >= 15 is 0 Å². The van der Waals surface area contributed by atoms with Crippen LogP contribution in [0, 0.1) is 0 Å². The van der Waals surface area contributed by atoms with Crippen molar-refractivity contribution in [3.63, 3.8) is 0 Å². The van der Waals surface area contributed by atoms with Gasteiger partial charge in [0.05, 0.1) is 0 Å². The minimum absolute atomic E-state index is 0. The zero-order chi connectivity index (χ0) is 6.69. The predicted octanol–water partition coefficient (Wildman–Crippen LogP) is -0.474. The van der Waals surface area contributed by atoms with Crippen LogP contribution in [-0.2, 0) is 0 Å². The molecule has 0 saturated carbocycles.